The molecule has 0 saturated carbocycles. The average Bonchev–Trinajstić information content (AvgIpc) is 3.36. The summed E-state index contributed by atoms with van der Waals surface area (Å²) in [5.41, 5.74) is 6.88. The second-order valence-electron chi connectivity index (χ2n) is 10.4. The quantitative estimate of drug-likeness (QED) is 0.247. The van der Waals surface area contributed by atoms with Crippen LogP contribution in [0.1, 0.15) is 67.6 Å². The van der Waals surface area contributed by atoms with Crippen LogP contribution in [0.4, 0.5) is 0 Å². The molecule has 0 amide bonds. The van der Waals surface area contributed by atoms with Crippen molar-refractivity contribution in [3.63, 3.8) is 0 Å². The highest BCUT2D eigenvalue weighted by atomic mass is 32.1. The summed E-state index contributed by atoms with van der Waals surface area (Å²) in [4.78, 5) is 32.6. The van der Waals surface area contributed by atoms with Crippen molar-refractivity contribution in [1.29, 1.82) is 0 Å². The number of rotatable bonds is 6. The maximum absolute atomic E-state index is 14.1. The molecule has 204 valence electrons. The standard InChI is InChI=1S/C33H33N3O3S/c1-8-16-35-22(7)25(26-17-20(5)10-15-27(26)35)18-28-31(37)36-30(24-13-11-23(12-14-24)19(3)4)29(32(38)39-9-2)21(6)34-33(36)40-28/h1,10-15,17-19,30H,9,16H2,2-7H3/b28-18-/t30-/m1/s1. The molecule has 0 bridgehead atoms. The van der Waals surface area contributed by atoms with E-state index in [1.807, 2.05) is 25.1 Å². The van der Waals surface area contributed by atoms with Gasteiger partial charge in [-0.1, -0.05) is 67.0 Å². The molecule has 0 saturated heterocycles. The molecule has 5 rings (SSSR count). The smallest absolute Gasteiger partial charge is 0.338 e. The molecular formula is C33H33N3O3S. The van der Waals surface area contributed by atoms with Crippen LogP contribution in [0, 0.1) is 26.2 Å². The third-order valence-electron chi connectivity index (χ3n) is 7.49. The van der Waals surface area contributed by atoms with E-state index in [0.29, 0.717) is 33.1 Å². The van der Waals surface area contributed by atoms with Gasteiger partial charge in [-0.25, -0.2) is 9.79 Å². The molecule has 6 nitrogen and oxygen atoms in total. The van der Waals surface area contributed by atoms with E-state index in [1.165, 1.54) is 16.9 Å². The Kier molecular flexibility index (Phi) is 7.39. The van der Waals surface area contributed by atoms with Crippen LogP contribution in [-0.4, -0.2) is 21.7 Å². The second kappa shape index (κ2) is 10.8. The molecule has 2 aromatic carbocycles. The Hall–Kier alpha value is -4.15. The number of hydrogen-bond acceptors (Lipinski definition) is 5. The topological polar surface area (TPSA) is 65.6 Å². The number of hydrogen-bond donors (Lipinski definition) is 0. The molecule has 2 aromatic heterocycles. The minimum atomic E-state index is -0.634. The predicted molar refractivity (Wildman–Crippen MR) is 161 cm³/mol. The fourth-order valence-electron chi connectivity index (χ4n) is 5.40. The molecule has 1 aliphatic heterocycles. The van der Waals surface area contributed by atoms with Crippen LogP contribution < -0.4 is 14.9 Å². The molecule has 4 aromatic rings. The van der Waals surface area contributed by atoms with Crippen molar-refractivity contribution in [1.82, 2.24) is 9.13 Å². The molecular weight excluding hydrogens is 518 g/mol. The first-order valence-electron chi connectivity index (χ1n) is 13.5. The molecule has 3 heterocycles. The van der Waals surface area contributed by atoms with Crippen molar-refractivity contribution in [2.75, 3.05) is 6.61 Å². The van der Waals surface area contributed by atoms with Crippen LogP contribution in [0.25, 0.3) is 17.0 Å². The van der Waals surface area contributed by atoms with E-state index in [2.05, 4.69) is 61.6 Å². The van der Waals surface area contributed by atoms with E-state index < -0.39 is 12.0 Å². The molecule has 7 heteroatoms. The number of fused-ring (bicyclic) bond motifs is 2. The fourth-order valence-corrected chi connectivity index (χ4v) is 6.43. The Labute approximate surface area is 238 Å². The Morgan fingerprint density at radius 1 is 1.18 bits per heavy atom. The minimum Gasteiger partial charge on any atom is -0.463 e. The number of allylic oxidation sites excluding steroid dienone is 1. The SMILES string of the molecule is C#CCn1c(C)c(/C=c2\sc3n(c2=O)[C@H](c2ccc(C(C)C)cc2)C(C(=O)OCC)=C(C)N=3)c2cc(C)ccc21. The van der Waals surface area contributed by atoms with Crippen molar-refractivity contribution in [2.24, 2.45) is 4.99 Å². The summed E-state index contributed by atoms with van der Waals surface area (Å²) in [7, 11) is 0. The lowest BCUT2D eigenvalue weighted by molar-refractivity contribution is -0.139. The van der Waals surface area contributed by atoms with E-state index in [-0.39, 0.29) is 12.2 Å². The number of esters is 1. The number of thiazole rings is 1. The number of carbonyl (C=O) groups excluding carboxylic acids is 1. The summed E-state index contributed by atoms with van der Waals surface area (Å²) in [5.74, 6) is 2.65. The van der Waals surface area contributed by atoms with E-state index in [1.54, 1.807) is 18.4 Å². The lowest BCUT2D eigenvalue weighted by Gasteiger charge is -2.25. The normalized spacial score (nSPS) is 15.3. The molecule has 40 heavy (non-hydrogen) atoms. The summed E-state index contributed by atoms with van der Waals surface area (Å²) in [6, 6.07) is 13.7. The van der Waals surface area contributed by atoms with E-state index in [0.717, 1.165) is 33.3 Å². The molecule has 1 aliphatic rings. The Morgan fingerprint density at radius 3 is 2.55 bits per heavy atom. The number of benzene rings is 2. The largest absolute Gasteiger partial charge is 0.463 e. The van der Waals surface area contributed by atoms with Crippen molar-refractivity contribution in [3.8, 4) is 12.3 Å². The number of terminal acetylenes is 1. The van der Waals surface area contributed by atoms with Crippen molar-refractivity contribution in [2.45, 2.75) is 60.0 Å². The first kappa shape index (κ1) is 27.4. The maximum Gasteiger partial charge on any atom is 0.338 e. The monoisotopic (exact) mass is 551 g/mol. The third kappa shape index (κ3) is 4.63. The van der Waals surface area contributed by atoms with Crippen molar-refractivity contribution >= 4 is 34.3 Å². The highest BCUT2D eigenvalue weighted by Gasteiger charge is 2.33. The van der Waals surface area contributed by atoms with Gasteiger partial charge >= 0.3 is 5.97 Å². The molecule has 0 aliphatic carbocycles. The van der Waals surface area contributed by atoms with Gasteiger partial charge in [0, 0.05) is 22.2 Å². The van der Waals surface area contributed by atoms with E-state index in [4.69, 9.17) is 16.2 Å². The van der Waals surface area contributed by atoms with Gasteiger partial charge in [0.25, 0.3) is 5.56 Å². The maximum atomic E-state index is 14.1. The lowest BCUT2D eigenvalue weighted by atomic mass is 9.93. The minimum absolute atomic E-state index is 0.194. The summed E-state index contributed by atoms with van der Waals surface area (Å²) >= 11 is 1.33. The van der Waals surface area contributed by atoms with Crippen molar-refractivity contribution < 1.29 is 9.53 Å². The first-order chi connectivity index (χ1) is 19.2. The van der Waals surface area contributed by atoms with E-state index in [9.17, 15) is 9.59 Å². The average molecular weight is 552 g/mol. The van der Waals surface area contributed by atoms with Gasteiger partial charge in [-0.3, -0.25) is 9.36 Å². The Bertz CT molecular complexity index is 1890. The second-order valence-corrected chi connectivity index (χ2v) is 11.4. The summed E-state index contributed by atoms with van der Waals surface area (Å²) < 4.78 is 9.71. The van der Waals surface area contributed by atoms with Gasteiger partial charge in [-0.05, 0) is 62.9 Å². The predicted octanol–water partition coefficient (Wildman–Crippen LogP) is 5.13. The molecule has 1 atom stereocenters. The third-order valence-corrected chi connectivity index (χ3v) is 8.47. The van der Waals surface area contributed by atoms with Gasteiger partial charge in [-0.15, -0.1) is 6.42 Å². The number of aromatic nitrogens is 2. The van der Waals surface area contributed by atoms with Crippen LogP contribution in [0.2, 0.25) is 0 Å². The summed E-state index contributed by atoms with van der Waals surface area (Å²) in [5, 5.41) is 1.04. The summed E-state index contributed by atoms with van der Waals surface area (Å²) in [6.45, 7) is 12.6. The van der Waals surface area contributed by atoms with Crippen molar-refractivity contribution in [3.05, 3.63) is 101 Å². The zero-order chi connectivity index (χ0) is 28.7. The molecule has 0 N–H and O–H groups in total. The molecule has 0 unspecified atom stereocenters. The van der Waals surface area contributed by atoms with Crippen LogP contribution in [0.15, 0.2) is 63.5 Å². The first-order valence-corrected chi connectivity index (χ1v) is 14.3. The zero-order valence-electron chi connectivity index (χ0n) is 23.7. The number of nitrogens with zero attached hydrogens (tertiary/aromatic N) is 3. The highest BCUT2D eigenvalue weighted by Crippen LogP contribution is 2.32. The number of aryl methyl sites for hydroxylation is 1. The van der Waals surface area contributed by atoms with Gasteiger partial charge in [0.05, 0.1) is 35.0 Å². The van der Waals surface area contributed by atoms with Gasteiger partial charge in [-0.2, -0.15) is 0 Å². The van der Waals surface area contributed by atoms with Gasteiger partial charge in [0.2, 0.25) is 0 Å². The van der Waals surface area contributed by atoms with E-state index >= 15 is 0 Å². The molecule has 0 spiro atoms. The van der Waals surface area contributed by atoms with Crippen LogP contribution in [0.5, 0.6) is 0 Å². The highest BCUT2D eigenvalue weighted by molar-refractivity contribution is 7.07. The van der Waals surface area contributed by atoms with Gasteiger partial charge in [0.1, 0.15) is 0 Å². The zero-order valence-corrected chi connectivity index (χ0v) is 24.6. The van der Waals surface area contributed by atoms with Crippen LogP contribution in [0.3, 0.4) is 0 Å². The van der Waals surface area contributed by atoms with Gasteiger partial charge < -0.3 is 9.30 Å². The number of ether oxygens (including phenoxy) is 1. The summed E-state index contributed by atoms with van der Waals surface area (Å²) in [6.07, 6.45) is 7.62. The molecule has 0 radical (unpaired) electrons. The van der Waals surface area contributed by atoms with Crippen LogP contribution in [-0.2, 0) is 16.1 Å². The number of carbonyl (C=O) groups is 1. The Balaban J connectivity index is 1.76. The Morgan fingerprint density at radius 2 is 1.90 bits per heavy atom. The molecule has 0 fully saturated rings. The lowest BCUT2D eigenvalue weighted by Crippen LogP contribution is -2.40. The van der Waals surface area contributed by atoms with Crippen LogP contribution >= 0.6 is 11.3 Å². The fraction of sp³-hybridized carbons (Fsp3) is 0.303. The van der Waals surface area contributed by atoms with Gasteiger partial charge in [0.15, 0.2) is 4.80 Å².